The number of hydrogen-bond acceptors (Lipinski definition) is 3. The van der Waals surface area contributed by atoms with Crippen LogP contribution in [-0.2, 0) is 0 Å². The Kier molecular flexibility index (Phi) is 5.98. The number of benzene rings is 2. The standard InChI is InChI=1S/C20H17BrClN3O2/c1-13-5-7-15(11-18(13)22)25-9-3-4-16(25)12-23-24-20(26)17-10-14(21)6-8-19(17)27-2/h3-12H,1-2H3,(H,24,26)/b23-12-. The molecule has 0 bridgehead atoms. The Bertz CT molecular complexity index is 1010. The van der Waals surface area contributed by atoms with Crippen LogP contribution in [0, 0.1) is 6.92 Å². The second kappa shape index (κ2) is 8.41. The van der Waals surface area contributed by atoms with E-state index >= 15 is 0 Å². The van der Waals surface area contributed by atoms with Gasteiger partial charge in [0.2, 0.25) is 0 Å². The molecule has 138 valence electrons. The van der Waals surface area contributed by atoms with E-state index in [1.165, 1.54) is 7.11 Å². The van der Waals surface area contributed by atoms with Gasteiger partial charge in [0.25, 0.3) is 5.91 Å². The van der Waals surface area contributed by atoms with Crippen molar-refractivity contribution in [2.45, 2.75) is 6.92 Å². The first-order chi connectivity index (χ1) is 13.0. The van der Waals surface area contributed by atoms with Crippen LogP contribution in [-0.4, -0.2) is 23.8 Å². The molecule has 0 fully saturated rings. The molecule has 1 N–H and O–H groups in total. The molecule has 0 saturated carbocycles. The molecule has 1 amide bonds. The zero-order valence-electron chi connectivity index (χ0n) is 14.7. The third-order valence-electron chi connectivity index (χ3n) is 3.98. The van der Waals surface area contributed by atoms with Gasteiger partial charge in [0, 0.05) is 21.4 Å². The van der Waals surface area contributed by atoms with E-state index < -0.39 is 0 Å². The van der Waals surface area contributed by atoms with Gasteiger partial charge < -0.3 is 9.30 Å². The van der Waals surface area contributed by atoms with E-state index in [9.17, 15) is 4.79 Å². The van der Waals surface area contributed by atoms with Crippen molar-refractivity contribution in [3.63, 3.8) is 0 Å². The minimum Gasteiger partial charge on any atom is -0.496 e. The van der Waals surface area contributed by atoms with E-state index in [0.717, 1.165) is 21.4 Å². The summed E-state index contributed by atoms with van der Waals surface area (Å²) in [5.41, 5.74) is 5.65. The van der Waals surface area contributed by atoms with Gasteiger partial charge >= 0.3 is 0 Å². The van der Waals surface area contributed by atoms with Crippen molar-refractivity contribution in [1.29, 1.82) is 0 Å². The number of aryl methyl sites for hydroxylation is 1. The maximum absolute atomic E-state index is 12.4. The smallest absolute Gasteiger partial charge is 0.275 e. The highest BCUT2D eigenvalue weighted by Gasteiger charge is 2.12. The lowest BCUT2D eigenvalue weighted by molar-refractivity contribution is 0.0952. The molecule has 0 unspecified atom stereocenters. The predicted octanol–water partition coefficient (Wildman–Crippen LogP) is 4.97. The van der Waals surface area contributed by atoms with Crippen LogP contribution in [0.2, 0.25) is 5.02 Å². The molecule has 2 aromatic carbocycles. The third kappa shape index (κ3) is 4.40. The molecule has 0 aliphatic heterocycles. The number of methoxy groups -OCH3 is 1. The van der Waals surface area contributed by atoms with E-state index in [2.05, 4.69) is 26.5 Å². The molecule has 3 rings (SSSR count). The molecule has 0 radical (unpaired) electrons. The first-order valence-electron chi connectivity index (χ1n) is 8.10. The van der Waals surface area contributed by atoms with E-state index in [1.807, 2.05) is 48.0 Å². The number of rotatable bonds is 5. The molecular weight excluding hydrogens is 430 g/mol. The van der Waals surface area contributed by atoms with Gasteiger partial charge in [0.05, 0.1) is 24.6 Å². The van der Waals surface area contributed by atoms with Gasteiger partial charge in [-0.2, -0.15) is 5.10 Å². The maximum atomic E-state index is 12.4. The fraction of sp³-hybridized carbons (Fsp3) is 0.100. The molecule has 0 aliphatic rings. The summed E-state index contributed by atoms with van der Waals surface area (Å²) >= 11 is 9.57. The predicted molar refractivity (Wildman–Crippen MR) is 111 cm³/mol. The molecule has 3 aromatic rings. The number of hydrogen-bond donors (Lipinski definition) is 1. The fourth-order valence-electron chi connectivity index (χ4n) is 2.54. The first kappa shape index (κ1) is 19.2. The van der Waals surface area contributed by atoms with Crippen LogP contribution in [0.15, 0.2) is 64.3 Å². The van der Waals surface area contributed by atoms with Gasteiger partial charge in [-0.25, -0.2) is 5.43 Å². The van der Waals surface area contributed by atoms with Crippen molar-refractivity contribution in [2.75, 3.05) is 7.11 Å². The van der Waals surface area contributed by atoms with Crippen LogP contribution in [0.5, 0.6) is 5.75 Å². The average molecular weight is 447 g/mol. The van der Waals surface area contributed by atoms with Crippen molar-refractivity contribution in [1.82, 2.24) is 9.99 Å². The molecule has 1 aromatic heterocycles. The monoisotopic (exact) mass is 445 g/mol. The number of amides is 1. The summed E-state index contributed by atoms with van der Waals surface area (Å²) in [6.07, 6.45) is 3.48. The van der Waals surface area contributed by atoms with Crippen molar-refractivity contribution in [3.8, 4) is 11.4 Å². The second-order valence-corrected chi connectivity index (χ2v) is 7.10. The highest BCUT2D eigenvalue weighted by Crippen LogP contribution is 2.23. The molecule has 0 aliphatic carbocycles. The number of hydrazone groups is 1. The minimum atomic E-state index is -0.360. The first-order valence-corrected chi connectivity index (χ1v) is 9.27. The Labute approximate surface area is 170 Å². The summed E-state index contributed by atoms with van der Waals surface area (Å²) in [4.78, 5) is 12.4. The van der Waals surface area contributed by atoms with E-state index in [4.69, 9.17) is 16.3 Å². The van der Waals surface area contributed by atoms with E-state index in [1.54, 1.807) is 24.4 Å². The van der Waals surface area contributed by atoms with E-state index in [0.29, 0.717) is 16.3 Å². The molecular formula is C20H17BrClN3O2. The van der Waals surface area contributed by atoms with Crippen molar-refractivity contribution in [2.24, 2.45) is 5.10 Å². The summed E-state index contributed by atoms with van der Waals surface area (Å²) in [5, 5.41) is 4.77. The van der Waals surface area contributed by atoms with Gasteiger partial charge in [0.1, 0.15) is 5.75 Å². The topological polar surface area (TPSA) is 55.6 Å². The molecule has 27 heavy (non-hydrogen) atoms. The lowest BCUT2D eigenvalue weighted by atomic mass is 10.2. The highest BCUT2D eigenvalue weighted by molar-refractivity contribution is 9.10. The van der Waals surface area contributed by atoms with Gasteiger partial charge in [-0.3, -0.25) is 4.79 Å². The largest absolute Gasteiger partial charge is 0.496 e. The van der Waals surface area contributed by atoms with Crippen molar-refractivity contribution >= 4 is 39.7 Å². The SMILES string of the molecule is COc1ccc(Br)cc1C(=O)N/N=C\c1cccn1-c1ccc(C)c(Cl)c1. The number of halogens is 2. The minimum absolute atomic E-state index is 0.360. The van der Waals surface area contributed by atoms with Gasteiger partial charge in [0.15, 0.2) is 0 Å². The molecule has 0 saturated heterocycles. The zero-order valence-corrected chi connectivity index (χ0v) is 17.1. The normalized spacial score (nSPS) is 11.0. The van der Waals surface area contributed by atoms with E-state index in [-0.39, 0.29) is 5.91 Å². The summed E-state index contributed by atoms with van der Waals surface area (Å²) in [7, 11) is 1.52. The van der Waals surface area contributed by atoms with Crippen molar-refractivity contribution < 1.29 is 9.53 Å². The number of ether oxygens (including phenoxy) is 1. The molecule has 7 heteroatoms. The Hall–Kier alpha value is -2.57. The Balaban J connectivity index is 1.78. The number of nitrogens with zero attached hydrogens (tertiary/aromatic N) is 2. The summed E-state index contributed by atoms with van der Waals surface area (Å²) in [6, 6.07) is 14.8. The van der Waals surface area contributed by atoms with Crippen LogP contribution in [0.1, 0.15) is 21.6 Å². The lowest BCUT2D eigenvalue weighted by Crippen LogP contribution is -2.18. The average Bonchev–Trinajstić information content (AvgIpc) is 3.12. The maximum Gasteiger partial charge on any atom is 0.275 e. The Morgan fingerprint density at radius 3 is 2.81 bits per heavy atom. The Morgan fingerprint density at radius 2 is 2.07 bits per heavy atom. The second-order valence-electron chi connectivity index (χ2n) is 5.78. The summed E-state index contributed by atoms with van der Waals surface area (Å²) in [6.45, 7) is 1.95. The highest BCUT2D eigenvalue weighted by atomic mass is 79.9. The van der Waals surface area contributed by atoms with Crippen LogP contribution < -0.4 is 10.2 Å². The van der Waals surface area contributed by atoms with Crippen LogP contribution >= 0.6 is 27.5 Å². The fourth-order valence-corrected chi connectivity index (χ4v) is 3.08. The molecule has 5 nitrogen and oxygen atoms in total. The Morgan fingerprint density at radius 1 is 1.26 bits per heavy atom. The summed E-state index contributed by atoms with van der Waals surface area (Å²) in [5.74, 6) is 0.115. The van der Waals surface area contributed by atoms with Crippen LogP contribution in [0.25, 0.3) is 5.69 Å². The zero-order chi connectivity index (χ0) is 19.4. The van der Waals surface area contributed by atoms with Gasteiger partial charge in [-0.1, -0.05) is 33.6 Å². The summed E-state index contributed by atoms with van der Waals surface area (Å²) < 4.78 is 7.93. The quantitative estimate of drug-likeness (QED) is 0.444. The van der Waals surface area contributed by atoms with Crippen LogP contribution in [0.3, 0.4) is 0 Å². The third-order valence-corrected chi connectivity index (χ3v) is 4.88. The lowest BCUT2D eigenvalue weighted by Gasteiger charge is -2.09. The molecule has 0 atom stereocenters. The number of carbonyl (C=O) groups is 1. The van der Waals surface area contributed by atoms with Crippen molar-refractivity contribution in [3.05, 3.63) is 81.0 Å². The molecule has 1 heterocycles. The number of nitrogens with one attached hydrogen (secondary N) is 1. The molecule has 0 spiro atoms. The number of aromatic nitrogens is 1. The van der Waals surface area contributed by atoms with Gasteiger partial charge in [-0.15, -0.1) is 0 Å². The van der Waals surface area contributed by atoms with Gasteiger partial charge in [-0.05, 0) is 55.0 Å². The van der Waals surface area contributed by atoms with Crippen LogP contribution in [0.4, 0.5) is 0 Å². The number of carbonyl (C=O) groups excluding carboxylic acids is 1.